The molecule has 2 aromatic carbocycles. The number of nitrogens with zero attached hydrogens (tertiary/aromatic N) is 1. The molecule has 2 aromatic rings. The van der Waals surface area contributed by atoms with Crippen molar-refractivity contribution in [2.75, 3.05) is 32.0 Å². The van der Waals surface area contributed by atoms with Crippen molar-refractivity contribution in [1.29, 1.82) is 0 Å². The zero-order valence-electron chi connectivity index (χ0n) is 21.7. The van der Waals surface area contributed by atoms with E-state index in [0.29, 0.717) is 12.3 Å². The maximum atomic E-state index is 13.5. The third-order valence-corrected chi connectivity index (χ3v) is 8.63. The number of nitrogens with two attached hydrogens (primary N) is 1. The Bertz CT molecular complexity index is 1160. The molecule has 1 amide bonds. The van der Waals surface area contributed by atoms with Gasteiger partial charge in [-0.25, -0.2) is 13.2 Å². The van der Waals surface area contributed by atoms with Crippen LogP contribution in [0.2, 0.25) is 0 Å². The van der Waals surface area contributed by atoms with Crippen molar-refractivity contribution in [2.45, 2.75) is 56.1 Å². The molecule has 2 fully saturated rings. The van der Waals surface area contributed by atoms with E-state index in [2.05, 4.69) is 5.32 Å². The molecular weight excluding hydrogens is 510 g/mol. The first-order valence-corrected chi connectivity index (χ1v) is 14.4. The second-order valence-electron chi connectivity index (χ2n) is 10.3. The number of benzene rings is 2. The Morgan fingerprint density at radius 3 is 2.53 bits per heavy atom. The van der Waals surface area contributed by atoms with Gasteiger partial charge in [0.15, 0.2) is 6.29 Å². The summed E-state index contributed by atoms with van der Waals surface area (Å²) >= 11 is 0. The van der Waals surface area contributed by atoms with E-state index in [9.17, 15) is 18.3 Å². The van der Waals surface area contributed by atoms with Crippen LogP contribution in [0.5, 0.6) is 0 Å². The highest BCUT2D eigenvalue weighted by Crippen LogP contribution is 2.33. The van der Waals surface area contributed by atoms with Gasteiger partial charge in [-0.2, -0.15) is 4.31 Å². The van der Waals surface area contributed by atoms with Gasteiger partial charge in [0, 0.05) is 18.8 Å². The number of rotatable bonds is 11. The summed E-state index contributed by atoms with van der Waals surface area (Å²) in [6.07, 6.45) is -1.69. The smallest absolute Gasteiger partial charge is 0.407 e. The quantitative estimate of drug-likeness (QED) is 0.364. The SMILES string of the molecule is CC(C)CN(C[C@@H](O)[C@H](Cc1ccccc1)NC(=O)O[C@H]1CO[C@@H]2OCC[C@@H]21)S(=O)(=O)c1ccc(N)cc1. The Balaban J connectivity index is 1.51. The Hall–Kier alpha value is -2.70. The summed E-state index contributed by atoms with van der Waals surface area (Å²) in [5, 5.41) is 14.1. The normalized spacial score (nSPS) is 22.8. The number of hydrogen-bond donors (Lipinski definition) is 3. The lowest BCUT2D eigenvalue weighted by atomic mass is 10.0. The molecule has 4 rings (SSSR count). The summed E-state index contributed by atoms with van der Waals surface area (Å²) in [5.74, 6) is -0.0231. The number of carbonyl (C=O) groups excluding carboxylic acids is 1. The second kappa shape index (κ2) is 12.4. The number of alkyl carbamates (subject to hydrolysis) is 1. The van der Waals surface area contributed by atoms with Crippen molar-refractivity contribution in [3.8, 4) is 0 Å². The number of hydrogen-bond acceptors (Lipinski definition) is 8. The molecular formula is C27H37N3O7S. The number of aliphatic hydroxyl groups is 1. The molecule has 208 valence electrons. The van der Waals surface area contributed by atoms with Crippen molar-refractivity contribution in [3.63, 3.8) is 0 Å². The number of amides is 1. The molecule has 2 aliphatic rings. The number of anilines is 1. The average molecular weight is 548 g/mol. The van der Waals surface area contributed by atoms with Gasteiger partial charge in [0.1, 0.15) is 6.10 Å². The van der Waals surface area contributed by atoms with E-state index in [4.69, 9.17) is 19.9 Å². The Labute approximate surface area is 224 Å². The Morgan fingerprint density at radius 2 is 1.84 bits per heavy atom. The fourth-order valence-electron chi connectivity index (χ4n) is 4.82. The topological polar surface area (TPSA) is 140 Å². The van der Waals surface area contributed by atoms with Crippen LogP contribution in [0.25, 0.3) is 0 Å². The zero-order chi connectivity index (χ0) is 27.3. The zero-order valence-corrected chi connectivity index (χ0v) is 22.5. The van der Waals surface area contributed by atoms with Crippen LogP contribution in [0.3, 0.4) is 0 Å². The Kier molecular flexibility index (Phi) is 9.27. The van der Waals surface area contributed by atoms with E-state index < -0.39 is 34.4 Å². The van der Waals surface area contributed by atoms with Gasteiger partial charge in [-0.15, -0.1) is 0 Å². The molecule has 0 unspecified atom stereocenters. The molecule has 2 aliphatic heterocycles. The summed E-state index contributed by atoms with van der Waals surface area (Å²) in [6, 6.07) is 14.5. The van der Waals surface area contributed by atoms with E-state index in [1.807, 2.05) is 44.2 Å². The lowest BCUT2D eigenvalue weighted by Crippen LogP contribution is -2.51. The molecule has 5 atom stereocenters. The summed E-state index contributed by atoms with van der Waals surface area (Å²) < 4.78 is 44.9. The van der Waals surface area contributed by atoms with Crippen LogP contribution in [0, 0.1) is 11.8 Å². The molecule has 2 saturated heterocycles. The number of nitrogen functional groups attached to an aromatic ring is 1. The maximum Gasteiger partial charge on any atom is 0.407 e. The molecule has 2 heterocycles. The third kappa shape index (κ3) is 7.03. The van der Waals surface area contributed by atoms with Crippen LogP contribution in [-0.4, -0.2) is 74.8 Å². The number of aliphatic hydroxyl groups excluding tert-OH is 1. The molecule has 4 N–H and O–H groups in total. The first kappa shape index (κ1) is 28.3. The third-order valence-electron chi connectivity index (χ3n) is 6.79. The van der Waals surface area contributed by atoms with Gasteiger partial charge >= 0.3 is 6.09 Å². The number of carbonyl (C=O) groups is 1. The van der Waals surface area contributed by atoms with Gasteiger partial charge in [-0.3, -0.25) is 0 Å². The van der Waals surface area contributed by atoms with Crippen LogP contribution in [-0.2, 0) is 30.7 Å². The van der Waals surface area contributed by atoms with Gasteiger partial charge in [0.05, 0.1) is 36.2 Å². The van der Waals surface area contributed by atoms with Crippen molar-refractivity contribution >= 4 is 21.8 Å². The van der Waals surface area contributed by atoms with Gasteiger partial charge in [-0.1, -0.05) is 44.2 Å². The van der Waals surface area contributed by atoms with Gasteiger partial charge in [-0.05, 0) is 48.6 Å². The molecule has 0 spiro atoms. The van der Waals surface area contributed by atoms with E-state index in [1.54, 1.807) is 0 Å². The fourth-order valence-corrected chi connectivity index (χ4v) is 6.45. The predicted octanol–water partition coefficient (Wildman–Crippen LogP) is 2.38. The minimum atomic E-state index is -3.93. The van der Waals surface area contributed by atoms with E-state index >= 15 is 0 Å². The summed E-state index contributed by atoms with van der Waals surface area (Å²) in [6.45, 7) is 4.58. The maximum absolute atomic E-state index is 13.5. The fraction of sp³-hybridized carbons (Fsp3) is 0.519. The molecule has 0 bridgehead atoms. The van der Waals surface area contributed by atoms with Gasteiger partial charge in [0.25, 0.3) is 0 Å². The average Bonchev–Trinajstić information content (AvgIpc) is 3.49. The summed E-state index contributed by atoms with van der Waals surface area (Å²) in [5.41, 5.74) is 7.07. The standard InChI is InChI=1S/C27H37N3O7S/c1-18(2)15-30(38(33,34)21-10-8-20(28)9-11-21)16-24(31)23(14-19-6-4-3-5-7-19)29-27(32)37-25-17-36-26-22(25)12-13-35-26/h3-11,18,22-26,31H,12-17,28H2,1-2H3,(H,29,32)/t22-,23+,24-,25+,26+/m1/s1. The number of fused-ring (bicyclic) bond motifs is 1. The highest BCUT2D eigenvalue weighted by molar-refractivity contribution is 7.89. The molecule has 0 radical (unpaired) electrons. The predicted molar refractivity (Wildman–Crippen MR) is 142 cm³/mol. The molecule has 0 saturated carbocycles. The van der Waals surface area contributed by atoms with E-state index in [1.165, 1.54) is 28.6 Å². The first-order chi connectivity index (χ1) is 18.1. The van der Waals surface area contributed by atoms with Crippen molar-refractivity contribution in [1.82, 2.24) is 9.62 Å². The lowest BCUT2D eigenvalue weighted by Gasteiger charge is -2.31. The van der Waals surface area contributed by atoms with Crippen LogP contribution in [0.15, 0.2) is 59.5 Å². The number of sulfonamides is 1. The van der Waals surface area contributed by atoms with E-state index in [0.717, 1.165) is 12.0 Å². The Morgan fingerprint density at radius 1 is 1.13 bits per heavy atom. The highest BCUT2D eigenvalue weighted by atomic mass is 32.2. The molecule has 38 heavy (non-hydrogen) atoms. The van der Waals surface area contributed by atoms with Crippen LogP contribution < -0.4 is 11.1 Å². The van der Waals surface area contributed by atoms with Crippen molar-refractivity contribution < 1.29 is 32.5 Å². The van der Waals surface area contributed by atoms with Gasteiger partial charge < -0.3 is 30.4 Å². The summed E-state index contributed by atoms with van der Waals surface area (Å²) in [4.78, 5) is 13.0. The van der Waals surface area contributed by atoms with Crippen molar-refractivity contribution in [2.24, 2.45) is 11.8 Å². The minimum Gasteiger partial charge on any atom is -0.443 e. The van der Waals surface area contributed by atoms with Crippen molar-refractivity contribution in [3.05, 3.63) is 60.2 Å². The first-order valence-electron chi connectivity index (χ1n) is 12.9. The monoisotopic (exact) mass is 547 g/mol. The van der Waals surface area contributed by atoms with Crippen LogP contribution in [0.4, 0.5) is 10.5 Å². The molecule has 0 aromatic heterocycles. The lowest BCUT2D eigenvalue weighted by molar-refractivity contribution is -0.0907. The minimum absolute atomic E-state index is 0.000183. The second-order valence-corrected chi connectivity index (χ2v) is 12.2. The largest absolute Gasteiger partial charge is 0.443 e. The van der Waals surface area contributed by atoms with E-state index in [-0.39, 0.29) is 49.1 Å². The highest BCUT2D eigenvalue weighted by Gasteiger charge is 2.44. The number of nitrogens with one attached hydrogen (secondary N) is 1. The molecule has 0 aliphatic carbocycles. The van der Waals surface area contributed by atoms with Crippen LogP contribution in [0.1, 0.15) is 25.8 Å². The molecule has 11 heteroatoms. The van der Waals surface area contributed by atoms with Crippen LogP contribution >= 0.6 is 0 Å². The number of ether oxygens (including phenoxy) is 3. The summed E-state index contributed by atoms with van der Waals surface area (Å²) in [7, 11) is -3.93. The van der Waals surface area contributed by atoms with Gasteiger partial charge in [0.2, 0.25) is 10.0 Å². The molecule has 10 nitrogen and oxygen atoms in total.